The number of carbonyl (C=O) groups is 1. The Morgan fingerprint density at radius 1 is 1.50 bits per heavy atom. The molecule has 0 saturated heterocycles. The Kier molecular flexibility index (Phi) is 3.81. The van der Waals surface area contributed by atoms with Gasteiger partial charge in [-0.15, -0.1) is 0 Å². The van der Waals surface area contributed by atoms with Crippen molar-refractivity contribution in [3.05, 3.63) is 28.8 Å². The van der Waals surface area contributed by atoms with Crippen molar-refractivity contribution >= 4 is 23.3 Å². The molecule has 1 aromatic rings. The molecule has 2 rings (SSSR count). The maximum absolute atomic E-state index is 10.9. The maximum Gasteiger partial charge on any atom is 0.337 e. The van der Waals surface area contributed by atoms with Crippen LogP contribution in [0.3, 0.4) is 0 Å². The zero-order valence-electron chi connectivity index (χ0n) is 10.7. The lowest BCUT2D eigenvalue weighted by molar-refractivity contribution is 0.0697. The van der Waals surface area contributed by atoms with Crippen LogP contribution in [0, 0.1) is 5.92 Å². The van der Waals surface area contributed by atoms with Crippen LogP contribution in [-0.2, 0) is 0 Å². The molecule has 0 amide bonds. The summed E-state index contributed by atoms with van der Waals surface area (Å²) >= 11 is 6.02. The van der Waals surface area contributed by atoms with E-state index in [1.54, 1.807) is 12.1 Å². The van der Waals surface area contributed by atoms with E-state index in [9.17, 15) is 4.79 Å². The van der Waals surface area contributed by atoms with Gasteiger partial charge in [0.2, 0.25) is 0 Å². The summed E-state index contributed by atoms with van der Waals surface area (Å²) in [5.74, 6) is -0.406. The first-order valence-electron chi connectivity index (χ1n) is 6.28. The third-order valence-electron chi connectivity index (χ3n) is 3.06. The first kappa shape index (κ1) is 13.2. The van der Waals surface area contributed by atoms with Crippen molar-refractivity contribution in [2.24, 2.45) is 5.92 Å². The molecule has 1 fully saturated rings. The zero-order chi connectivity index (χ0) is 13.3. The number of hydrogen-bond acceptors (Lipinski definition) is 2. The lowest BCUT2D eigenvalue weighted by Gasteiger charge is -2.27. The van der Waals surface area contributed by atoms with Gasteiger partial charge < -0.3 is 10.0 Å². The fourth-order valence-electron chi connectivity index (χ4n) is 2.10. The molecule has 0 unspecified atom stereocenters. The Morgan fingerprint density at radius 3 is 2.61 bits per heavy atom. The van der Waals surface area contributed by atoms with Gasteiger partial charge >= 0.3 is 5.97 Å². The highest BCUT2D eigenvalue weighted by Gasteiger charge is 2.30. The van der Waals surface area contributed by atoms with Crippen LogP contribution in [0.25, 0.3) is 0 Å². The fraction of sp³-hybridized carbons (Fsp3) is 0.500. The second-order valence-corrected chi connectivity index (χ2v) is 5.65. The van der Waals surface area contributed by atoms with E-state index >= 15 is 0 Å². The van der Waals surface area contributed by atoms with Crippen LogP contribution >= 0.6 is 11.6 Å². The third-order valence-corrected chi connectivity index (χ3v) is 3.38. The van der Waals surface area contributed by atoms with E-state index in [-0.39, 0.29) is 5.56 Å². The highest BCUT2D eigenvalue weighted by atomic mass is 35.5. The molecule has 18 heavy (non-hydrogen) atoms. The van der Waals surface area contributed by atoms with Crippen molar-refractivity contribution in [2.75, 3.05) is 11.4 Å². The number of aromatic carboxylic acids is 1. The number of anilines is 1. The van der Waals surface area contributed by atoms with Crippen LogP contribution < -0.4 is 4.90 Å². The molecule has 0 radical (unpaired) electrons. The largest absolute Gasteiger partial charge is 0.478 e. The van der Waals surface area contributed by atoms with Gasteiger partial charge in [-0.25, -0.2) is 4.79 Å². The van der Waals surface area contributed by atoms with Crippen molar-refractivity contribution in [3.8, 4) is 0 Å². The van der Waals surface area contributed by atoms with Gasteiger partial charge in [0.05, 0.1) is 10.6 Å². The molecule has 1 N–H and O–H groups in total. The number of carboxylic acid groups (broad SMARTS) is 1. The molecule has 98 valence electrons. The van der Waals surface area contributed by atoms with E-state index < -0.39 is 5.97 Å². The third kappa shape index (κ3) is 2.96. The summed E-state index contributed by atoms with van der Waals surface area (Å²) in [6, 6.07) is 5.82. The Labute approximate surface area is 112 Å². The van der Waals surface area contributed by atoms with E-state index in [1.807, 2.05) is 6.07 Å². The van der Waals surface area contributed by atoms with Crippen molar-refractivity contribution in [1.82, 2.24) is 0 Å². The smallest absolute Gasteiger partial charge is 0.337 e. The van der Waals surface area contributed by atoms with Crippen LogP contribution in [0.15, 0.2) is 18.2 Å². The van der Waals surface area contributed by atoms with Crippen molar-refractivity contribution in [2.45, 2.75) is 32.7 Å². The molecule has 1 aliphatic carbocycles. The van der Waals surface area contributed by atoms with Gasteiger partial charge in [0, 0.05) is 18.3 Å². The molecule has 1 aliphatic rings. The highest BCUT2D eigenvalue weighted by Crippen LogP contribution is 2.34. The second kappa shape index (κ2) is 5.19. The predicted molar refractivity (Wildman–Crippen MR) is 73.6 cm³/mol. The maximum atomic E-state index is 10.9. The van der Waals surface area contributed by atoms with E-state index in [2.05, 4.69) is 18.7 Å². The van der Waals surface area contributed by atoms with Crippen molar-refractivity contribution < 1.29 is 9.90 Å². The van der Waals surface area contributed by atoms with Crippen LogP contribution in [0.4, 0.5) is 5.69 Å². The Hall–Kier alpha value is -1.22. The van der Waals surface area contributed by atoms with E-state index in [1.165, 1.54) is 12.8 Å². The van der Waals surface area contributed by atoms with Crippen LogP contribution in [0.1, 0.15) is 37.0 Å². The molecule has 3 nitrogen and oxygen atoms in total. The minimum absolute atomic E-state index is 0.167. The average Bonchev–Trinajstić information content (AvgIpc) is 3.08. The van der Waals surface area contributed by atoms with Crippen LogP contribution in [0.5, 0.6) is 0 Å². The molecule has 1 aromatic carbocycles. The molecular formula is C14H18ClNO2. The summed E-state index contributed by atoms with van der Waals surface area (Å²) in [5, 5.41) is 9.28. The average molecular weight is 268 g/mol. The van der Waals surface area contributed by atoms with Gasteiger partial charge in [-0.1, -0.05) is 25.4 Å². The van der Waals surface area contributed by atoms with Gasteiger partial charge in [-0.3, -0.25) is 0 Å². The standard InChI is InChI=1S/C14H18ClNO2/c1-9(2)8-16(10-3-4-10)11-5-6-12(14(17)18)13(15)7-11/h5-7,9-10H,3-4,8H2,1-2H3,(H,17,18). The van der Waals surface area contributed by atoms with Gasteiger partial charge in [0.25, 0.3) is 0 Å². The van der Waals surface area contributed by atoms with Crippen LogP contribution in [0.2, 0.25) is 5.02 Å². The topological polar surface area (TPSA) is 40.5 Å². The Morgan fingerprint density at radius 2 is 2.17 bits per heavy atom. The number of carboxylic acids is 1. The summed E-state index contributed by atoms with van der Waals surface area (Å²) in [7, 11) is 0. The fourth-order valence-corrected chi connectivity index (χ4v) is 2.36. The van der Waals surface area contributed by atoms with Gasteiger partial charge in [-0.05, 0) is 37.0 Å². The quantitative estimate of drug-likeness (QED) is 0.885. The van der Waals surface area contributed by atoms with E-state index in [4.69, 9.17) is 16.7 Å². The van der Waals surface area contributed by atoms with Gasteiger partial charge in [0.15, 0.2) is 0 Å². The zero-order valence-corrected chi connectivity index (χ0v) is 11.4. The lowest BCUT2D eigenvalue weighted by atomic mass is 10.1. The summed E-state index contributed by atoms with van der Waals surface area (Å²) in [6.45, 7) is 5.35. The number of benzene rings is 1. The molecule has 0 atom stereocenters. The first-order valence-corrected chi connectivity index (χ1v) is 6.66. The molecule has 4 heteroatoms. The molecule has 1 saturated carbocycles. The Balaban J connectivity index is 2.25. The monoisotopic (exact) mass is 267 g/mol. The predicted octanol–water partition coefficient (Wildman–Crippen LogP) is 3.66. The summed E-state index contributed by atoms with van der Waals surface area (Å²) in [6.07, 6.45) is 2.43. The first-order chi connectivity index (χ1) is 8.49. The van der Waals surface area contributed by atoms with E-state index in [0.717, 1.165) is 12.2 Å². The number of hydrogen-bond donors (Lipinski definition) is 1. The molecule has 0 aromatic heterocycles. The Bertz CT molecular complexity index is 455. The number of halogens is 1. The second-order valence-electron chi connectivity index (χ2n) is 5.25. The number of rotatable bonds is 5. The van der Waals surface area contributed by atoms with Gasteiger partial charge in [-0.2, -0.15) is 0 Å². The van der Waals surface area contributed by atoms with Gasteiger partial charge in [0.1, 0.15) is 0 Å². The number of nitrogens with zero attached hydrogens (tertiary/aromatic N) is 1. The highest BCUT2D eigenvalue weighted by molar-refractivity contribution is 6.33. The summed E-state index contributed by atoms with van der Waals surface area (Å²) in [5.41, 5.74) is 1.20. The van der Waals surface area contributed by atoms with Crippen molar-refractivity contribution in [3.63, 3.8) is 0 Å². The SMILES string of the molecule is CC(C)CN(c1ccc(C(=O)O)c(Cl)c1)C1CC1. The molecule has 0 heterocycles. The molecule has 0 aliphatic heterocycles. The van der Waals surface area contributed by atoms with Crippen molar-refractivity contribution in [1.29, 1.82) is 0 Å². The summed E-state index contributed by atoms with van der Waals surface area (Å²) in [4.78, 5) is 13.3. The van der Waals surface area contributed by atoms with E-state index in [0.29, 0.717) is 17.0 Å². The minimum Gasteiger partial charge on any atom is -0.478 e. The summed E-state index contributed by atoms with van der Waals surface area (Å²) < 4.78 is 0. The minimum atomic E-state index is -0.978. The molecular weight excluding hydrogens is 250 g/mol. The molecule has 0 bridgehead atoms. The van der Waals surface area contributed by atoms with Crippen LogP contribution in [-0.4, -0.2) is 23.7 Å². The molecule has 0 spiro atoms. The lowest BCUT2D eigenvalue weighted by Crippen LogP contribution is -2.29. The normalized spacial score (nSPS) is 14.9.